The Morgan fingerprint density at radius 2 is 1.95 bits per heavy atom. The summed E-state index contributed by atoms with van der Waals surface area (Å²) in [5, 5.41) is 21.0. The molecular weight excluding hydrogens is 250 g/mol. The molecule has 112 valence electrons. The van der Waals surface area contributed by atoms with E-state index in [1.165, 1.54) is 0 Å². The Bertz CT molecular complexity index is 280. The molecule has 0 rings (SSSR count). The van der Waals surface area contributed by atoms with Crippen molar-refractivity contribution in [3.05, 3.63) is 0 Å². The Balaban J connectivity index is 4.32. The molecular formula is C13H25NO5. The van der Waals surface area contributed by atoms with Crippen LogP contribution >= 0.6 is 0 Å². The first-order chi connectivity index (χ1) is 8.86. The first-order valence-electron chi connectivity index (χ1n) is 6.69. The Morgan fingerprint density at radius 3 is 2.42 bits per heavy atom. The van der Waals surface area contributed by atoms with Crippen LogP contribution in [0.4, 0.5) is 4.79 Å². The van der Waals surface area contributed by atoms with Crippen LogP contribution in [0.25, 0.3) is 0 Å². The normalized spacial score (nSPS) is 13.9. The number of rotatable bonds is 9. The van der Waals surface area contributed by atoms with Crippen molar-refractivity contribution in [2.75, 3.05) is 6.61 Å². The minimum absolute atomic E-state index is 0.226. The second-order valence-electron chi connectivity index (χ2n) is 5.04. The van der Waals surface area contributed by atoms with Gasteiger partial charge in [0.25, 0.3) is 0 Å². The fourth-order valence-electron chi connectivity index (χ4n) is 1.64. The summed E-state index contributed by atoms with van der Waals surface area (Å²) < 4.78 is 4.94. The minimum atomic E-state index is -1.11. The molecule has 6 nitrogen and oxygen atoms in total. The van der Waals surface area contributed by atoms with Gasteiger partial charge in [-0.05, 0) is 18.8 Å². The number of alkyl carbamates (subject to hydrolysis) is 1. The number of carbonyl (C=O) groups is 2. The molecule has 1 amide bonds. The Morgan fingerprint density at radius 1 is 1.32 bits per heavy atom. The fourth-order valence-corrected chi connectivity index (χ4v) is 1.64. The highest BCUT2D eigenvalue weighted by atomic mass is 16.5. The summed E-state index contributed by atoms with van der Waals surface area (Å²) in [6.45, 7) is 6.18. The highest BCUT2D eigenvalue weighted by molar-refractivity contribution is 5.69. The number of ether oxygens (including phenoxy) is 1. The van der Waals surface area contributed by atoms with Crippen molar-refractivity contribution >= 4 is 12.1 Å². The molecule has 0 radical (unpaired) electrons. The molecule has 0 aromatic rings. The lowest BCUT2D eigenvalue weighted by atomic mass is 9.97. The van der Waals surface area contributed by atoms with E-state index in [1.807, 2.05) is 20.8 Å². The third-order valence-corrected chi connectivity index (χ3v) is 2.61. The standard InChI is InChI=1S/C13H25NO5/c1-4-5-6-19-13(18)14-10(7-9(2)3)11(15)8-12(16)17/h9-11,15H,4-8H2,1-3H3,(H,14,18)(H,16,17)/t10-,11-/m0/s1. The van der Waals surface area contributed by atoms with E-state index in [4.69, 9.17) is 9.84 Å². The summed E-state index contributed by atoms with van der Waals surface area (Å²) in [6.07, 6.45) is 0.0796. The number of carbonyl (C=O) groups excluding carboxylic acids is 1. The third-order valence-electron chi connectivity index (χ3n) is 2.61. The molecule has 0 saturated heterocycles. The first kappa shape index (κ1) is 17.7. The SMILES string of the molecule is CCCCOC(=O)N[C@@H](CC(C)C)[C@@H](O)CC(=O)O. The van der Waals surface area contributed by atoms with E-state index in [2.05, 4.69) is 5.32 Å². The quantitative estimate of drug-likeness (QED) is 0.557. The number of carboxylic acid groups (broad SMARTS) is 1. The van der Waals surface area contributed by atoms with Gasteiger partial charge in [0, 0.05) is 0 Å². The summed E-state index contributed by atoms with van der Waals surface area (Å²) in [6, 6.07) is -0.606. The minimum Gasteiger partial charge on any atom is -0.481 e. The molecule has 0 aliphatic rings. The predicted octanol–water partition coefficient (Wildman–Crippen LogP) is 1.76. The summed E-state index contributed by atoms with van der Waals surface area (Å²) in [5.74, 6) is -0.869. The zero-order chi connectivity index (χ0) is 14.8. The average Bonchev–Trinajstić information content (AvgIpc) is 2.27. The molecule has 0 bridgehead atoms. The van der Waals surface area contributed by atoms with Gasteiger partial charge in [-0.15, -0.1) is 0 Å². The number of aliphatic carboxylic acids is 1. The molecule has 0 unspecified atom stereocenters. The molecule has 0 aliphatic carbocycles. The first-order valence-corrected chi connectivity index (χ1v) is 6.69. The van der Waals surface area contributed by atoms with E-state index in [0.717, 1.165) is 12.8 Å². The number of hydrogen-bond donors (Lipinski definition) is 3. The van der Waals surface area contributed by atoms with E-state index < -0.39 is 30.6 Å². The molecule has 6 heteroatoms. The molecule has 0 aromatic carbocycles. The fraction of sp³-hybridized carbons (Fsp3) is 0.846. The van der Waals surface area contributed by atoms with E-state index in [1.54, 1.807) is 0 Å². The lowest BCUT2D eigenvalue weighted by Crippen LogP contribution is -2.45. The average molecular weight is 275 g/mol. The Labute approximate surface area is 114 Å². The molecule has 2 atom stereocenters. The maximum atomic E-state index is 11.5. The molecule has 0 heterocycles. The van der Waals surface area contributed by atoms with Gasteiger partial charge in [0.2, 0.25) is 0 Å². The van der Waals surface area contributed by atoms with Crippen molar-refractivity contribution in [3.8, 4) is 0 Å². The summed E-state index contributed by atoms with van der Waals surface area (Å²) >= 11 is 0. The van der Waals surface area contributed by atoms with Crippen LogP contribution in [0.2, 0.25) is 0 Å². The number of aliphatic hydroxyl groups excluding tert-OH is 1. The second-order valence-corrected chi connectivity index (χ2v) is 5.04. The zero-order valence-electron chi connectivity index (χ0n) is 11.9. The van der Waals surface area contributed by atoms with Crippen LogP contribution in [0.15, 0.2) is 0 Å². The lowest BCUT2D eigenvalue weighted by Gasteiger charge is -2.24. The molecule has 0 aliphatic heterocycles. The van der Waals surface area contributed by atoms with E-state index >= 15 is 0 Å². The van der Waals surface area contributed by atoms with E-state index in [0.29, 0.717) is 13.0 Å². The summed E-state index contributed by atoms with van der Waals surface area (Å²) in [7, 11) is 0. The van der Waals surface area contributed by atoms with Gasteiger partial charge in [0.15, 0.2) is 0 Å². The monoisotopic (exact) mass is 275 g/mol. The Hall–Kier alpha value is -1.30. The van der Waals surface area contributed by atoms with Gasteiger partial charge in [-0.1, -0.05) is 27.2 Å². The number of amides is 1. The largest absolute Gasteiger partial charge is 0.481 e. The molecule has 0 saturated carbocycles. The van der Waals surface area contributed by atoms with Crippen molar-refractivity contribution in [1.82, 2.24) is 5.32 Å². The van der Waals surface area contributed by atoms with Crippen LogP contribution in [0.1, 0.15) is 46.5 Å². The lowest BCUT2D eigenvalue weighted by molar-refractivity contribution is -0.139. The van der Waals surface area contributed by atoms with Crippen LogP contribution in [-0.2, 0) is 9.53 Å². The van der Waals surface area contributed by atoms with Gasteiger partial charge in [-0.25, -0.2) is 4.79 Å². The highest BCUT2D eigenvalue weighted by Gasteiger charge is 2.24. The molecule has 0 fully saturated rings. The smallest absolute Gasteiger partial charge is 0.407 e. The van der Waals surface area contributed by atoms with Gasteiger partial charge >= 0.3 is 12.1 Å². The number of aliphatic hydroxyl groups is 1. The van der Waals surface area contributed by atoms with Crippen LogP contribution in [-0.4, -0.2) is 41.0 Å². The predicted molar refractivity (Wildman–Crippen MR) is 70.9 cm³/mol. The van der Waals surface area contributed by atoms with Crippen LogP contribution in [0, 0.1) is 5.92 Å². The molecule has 0 spiro atoms. The van der Waals surface area contributed by atoms with E-state index in [-0.39, 0.29) is 5.92 Å². The number of carboxylic acids is 1. The van der Waals surface area contributed by atoms with Crippen LogP contribution in [0.5, 0.6) is 0 Å². The molecule has 0 aromatic heterocycles. The zero-order valence-corrected chi connectivity index (χ0v) is 11.9. The summed E-state index contributed by atoms with van der Waals surface area (Å²) in [4.78, 5) is 22.1. The number of unbranched alkanes of at least 4 members (excludes halogenated alkanes) is 1. The molecule has 3 N–H and O–H groups in total. The van der Waals surface area contributed by atoms with Gasteiger partial charge in [-0.3, -0.25) is 4.79 Å². The maximum Gasteiger partial charge on any atom is 0.407 e. The van der Waals surface area contributed by atoms with Crippen LogP contribution in [0.3, 0.4) is 0 Å². The van der Waals surface area contributed by atoms with Crippen LogP contribution < -0.4 is 5.32 Å². The van der Waals surface area contributed by atoms with Gasteiger partial charge in [0.05, 0.1) is 25.2 Å². The van der Waals surface area contributed by atoms with E-state index in [9.17, 15) is 14.7 Å². The summed E-state index contributed by atoms with van der Waals surface area (Å²) in [5.41, 5.74) is 0. The molecule has 19 heavy (non-hydrogen) atoms. The third kappa shape index (κ3) is 9.30. The van der Waals surface area contributed by atoms with Crippen molar-refractivity contribution in [1.29, 1.82) is 0 Å². The second kappa shape index (κ2) is 9.61. The Kier molecular flexibility index (Phi) is 8.95. The van der Waals surface area contributed by atoms with Crippen molar-refractivity contribution in [2.24, 2.45) is 5.92 Å². The van der Waals surface area contributed by atoms with Crippen molar-refractivity contribution in [2.45, 2.75) is 58.6 Å². The number of nitrogens with one attached hydrogen (secondary N) is 1. The van der Waals surface area contributed by atoms with Gasteiger partial charge in [0.1, 0.15) is 0 Å². The highest BCUT2D eigenvalue weighted by Crippen LogP contribution is 2.11. The number of hydrogen-bond acceptors (Lipinski definition) is 4. The van der Waals surface area contributed by atoms with Gasteiger partial charge in [-0.2, -0.15) is 0 Å². The maximum absolute atomic E-state index is 11.5. The topological polar surface area (TPSA) is 95.9 Å². The van der Waals surface area contributed by atoms with Crippen molar-refractivity contribution < 1.29 is 24.5 Å². The van der Waals surface area contributed by atoms with Gasteiger partial charge < -0.3 is 20.3 Å². The van der Waals surface area contributed by atoms with Crippen molar-refractivity contribution in [3.63, 3.8) is 0 Å².